The lowest BCUT2D eigenvalue weighted by molar-refractivity contribution is 0.0713. The quantitative estimate of drug-likeness (QED) is 0.490. The maximum absolute atomic E-state index is 13.2. The molecule has 1 aliphatic heterocycles. The van der Waals surface area contributed by atoms with Crippen molar-refractivity contribution in [3.05, 3.63) is 83.6 Å². The summed E-state index contributed by atoms with van der Waals surface area (Å²) >= 11 is 1.79. The standard InChI is InChI=1S/C23H21N3OS/c27-23(18-7-1-3-9-20(18)25-13-5-6-14-25)26-15-11-17(12-16-26)22-24-19-8-2-4-10-21(19)28-22/h1-10,13-14,17H,11-12,15-16H2. The Morgan fingerprint density at radius 3 is 2.43 bits per heavy atom. The second-order valence-corrected chi connectivity index (χ2v) is 8.26. The molecule has 4 nitrogen and oxygen atoms in total. The van der Waals surface area contributed by atoms with Gasteiger partial charge in [0, 0.05) is 31.4 Å². The van der Waals surface area contributed by atoms with E-state index in [1.165, 1.54) is 9.71 Å². The highest BCUT2D eigenvalue weighted by atomic mass is 32.1. The monoisotopic (exact) mass is 387 g/mol. The topological polar surface area (TPSA) is 38.1 Å². The molecular weight excluding hydrogens is 366 g/mol. The second-order valence-electron chi connectivity index (χ2n) is 7.19. The van der Waals surface area contributed by atoms with Crippen molar-refractivity contribution in [2.24, 2.45) is 0 Å². The maximum Gasteiger partial charge on any atom is 0.255 e. The molecule has 1 amide bonds. The molecule has 0 spiro atoms. The van der Waals surface area contributed by atoms with Gasteiger partial charge in [-0.2, -0.15) is 0 Å². The molecule has 0 atom stereocenters. The van der Waals surface area contributed by atoms with Crippen molar-refractivity contribution in [1.82, 2.24) is 14.5 Å². The van der Waals surface area contributed by atoms with Crippen LogP contribution in [0.1, 0.15) is 34.1 Å². The molecule has 2 aromatic carbocycles. The number of hydrogen-bond acceptors (Lipinski definition) is 3. The number of benzene rings is 2. The molecule has 140 valence electrons. The Labute approximate surface area is 168 Å². The summed E-state index contributed by atoms with van der Waals surface area (Å²) in [5.41, 5.74) is 2.78. The van der Waals surface area contributed by atoms with E-state index in [0.29, 0.717) is 5.92 Å². The zero-order valence-electron chi connectivity index (χ0n) is 15.5. The summed E-state index contributed by atoms with van der Waals surface area (Å²) in [5, 5.41) is 1.21. The van der Waals surface area contributed by atoms with Crippen molar-refractivity contribution >= 4 is 27.5 Å². The average Bonchev–Trinajstić information content (AvgIpc) is 3.43. The van der Waals surface area contributed by atoms with Gasteiger partial charge in [-0.1, -0.05) is 24.3 Å². The van der Waals surface area contributed by atoms with Crippen LogP contribution in [-0.4, -0.2) is 33.4 Å². The first-order valence-electron chi connectivity index (χ1n) is 9.67. The van der Waals surface area contributed by atoms with E-state index in [2.05, 4.69) is 18.2 Å². The highest BCUT2D eigenvalue weighted by Crippen LogP contribution is 2.34. The van der Waals surface area contributed by atoms with Crippen LogP contribution in [0.25, 0.3) is 15.9 Å². The van der Waals surface area contributed by atoms with Gasteiger partial charge in [0.05, 0.1) is 26.5 Å². The number of thiazole rings is 1. The molecule has 1 aliphatic rings. The van der Waals surface area contributed by atoms with E-state index in [-0.39, 0.29) is 5.91 Å². The van der Waals surface area contributed by atoms with Gasteiger partial charge in [-0.3, -0.25) is 4.79 Å². The number of nitrogens with zero attached hydrogens (tertiary/aromatic N) is 3. The fraction of sp³-hybridized carbons (Fsp3) is 0.217. The summed E-state index contributed by atoms with van der Waals surface area (Å²) in [4.78, 5) is 20.0. The summed E-state index contributed by atoms with van der Waals surface area (Å²) in [6, 6.07) is 20.1. The van der Waals surface area contributed by atoms with Crippen molar-refractivity contribution in [3.63, 3.8) is 0 Å². The van der Waals surface area contributed by atoms with Crippen LogP contribution in [0.15, 0.2) is 73.1 Å². The van der Waals surface area contributed by atoms with Crippen LogP contribution in [0.3, 0.4) is 0 Å². The van der Waals surface area contributed by atoms with Crippen LogP contribution in [0, 0.1) is 0 Å². The van der Waals surface area contributed by atoms with Crippen LogP contribution in [-0.2, 0) is 0 Å². The predicted octanol–water partition coefficient (Wildman–Crippen LogP) is 5.11. The van der Waals surface area contributed by atoms with Gasteiger partial charge < -0.3 is 9.47 Å². The van der Waals surface area contributed by atoms with Crippen LogP contribution in [0.4, 0.5) is 0 Å². The smallest absolute Gasteiger partial charge is 0.255 e. The zero-order valence-corrected chi connectivity index (χ0v) is 16.3. The predicted molar refractivity (Wildman–Crippen MR) is 113 cm³/mol. The molecule has 0 unspecified atom stereocenters. The van der Waals surface area contributed by atoms with E-state index < -0.39 is 0 Å². The number of fused-ring (bicyclic) bond motifs is 1. The fourth-order valence-electron chi connectivity index (χ4n) is 3.94. The van der Waals surface area contributed by atoms with Crippen molar-refractivity contribution in [2.45, 2.75) is 18.8 Å². The molecule has 4 aromatic rings. The third kappa shape index (κ3) is 3.12. The van der Waals surface area contributed by atoms with Crippen molar-refractivity contribution < 1.29 is 4.79 Å². The van der Waals surface area contributed by atoms with Crippen LogP contribution in [0.5, 0.6) is 0 Å². The van der Waals surface area contributed by atoms with Gasteiger partial charge in [0.2, 0.25) is 0 Å². The number of hydrogen-bond donors (Lipinski definition) is 0. The average molecular weight is 388 g/mol. The van der Waals surface area contributed by atoms with Gasteiger partial charge in [-0.25, -0.2) is 4.98 Å². The third-order valence-corrected chi connectivity index (χ3v) is 6.66. The zero-order chi connectivity index (χ0) is 18.9. The molecule has 0 bridgehead atoms. The minimum atomic E-state index is 0.118. The van der Waals surface area contributed by atoms with Gasteiger partial charge in [0.1, 0.15) is 0 Å². The number of carbonyl (C=O) groups excluding carboxylic acids is 1. The number of para-hydroxylation sites is 2. The Morgan fingerprint density at radius 1 is 0.929 bits per heavy atom. The van der Waals surface area contributed by atoms with Gasteiger partial charge in [-0.15, -0.1) is 11.3 Å². The molecule has 1 saturated heterocycles. The summed E-state index contributed by atoms with van der Waals surface area (Å²) in [6.07, 6.45) is 5.89. The number of aromatic nitrogens is 2. The van der Waals surface area contributed by atoms with Gasteiger partial charge in [-0.05, 0) is 49.2 Å². The van der Waals surface area contributed by atoms with Crippen molar-refractivity contribution in [1.29, 1.82) is 0 Å². The van der Waals surface area contributed by atoms with E-state index in [0.717, 1.165) is 42.7 Å². The van der Waals surface area contributed by atoms with Crippen LogP contribution >= 0.6 is 11.3 Å². The minimum Gasteiger partial charge on any atom is -0.339 e. The summed E-state index contributed by atoms with van der Waals surface area (Å²) in [5.74, 6) is 0.563. The molecule has 0 saturated carbocycles. The molecule has 0 radical (unpaired) electrons. The number of piperidine rings is 1. The lowest BCUT2D eigenvalue weighted by atomic mass is 9.97. The lowest BCUT2D eigenvalue weighted by Crippen LogP contribution is -2.38. The van der Waals surface area contributed by atoms with E-state index in [1.807, 2.05) is 64.3 Å². The molecule has 5 heteroatoms. The number of carbonyl (C=O) groups is 1. The number of likely N-dealkylation sites (tertiary alicyclic amines) is 1. The normalized spacial score (nSPS) is 15.2. The van der Waals surface area contributed by atoms with E-state index in [1.54, 1.807) is 11.3 Å². The molecule has 3 heterocycles. The second kappa shape index (κ2) is 7.24. The Kier molecular flexibility index (Phi) is 4.45. The van der Waals surface area contributed by atoms with Gasteiger partial charge in [0.25, 0.3) is 5.91 Å². The summed E-state index contributed by atoms with van der Waals surface area (Å²) in [7, 11) is 0. The molecule has 5 rings (SSSR count). The first kappa shape index (κ1) is 17.2. The van der Waals surface area contributed by atoms with Crippen LogP contribution in [0.2, 0.25) is 0 Å². The summed E-state index contributed by atoms with van der Waals surface area (Å²) in [6.45, 7) is 1.55. The first-order chi connectivity index (χ1) is 13.8. The third-order valence-electron chi connectivity index (χ3n) is 5.46. The molecule has 1 fully saturated rings. The van der Waals surface area contributed by atoms with Crippen molar-refractivity contribution in [2.75, 3.05) is 13.1 Å². The molecule has 0 N–H and O–H groups in total. The maximum atomic E-state index is 13.2. The number of rotatable bonds is 3. The van der Waals surface area contributed by atoms with E-state index >= 15 is 0 Å². The fourth-order valence-corrected chi connectivity index (χ4v) is 5.08. The first-order valence-corrected chi connectivity index (χ1v) is 10.5. The molecule has 2 aromatic heterocycles. The van der Waals surface area contributed by atoms with Crippen molar-refractivity contribution in [3.8, 4) is 5.69 Å². The molecule has 28 heavy (non-hydrogen) atoms. The largest absolute Gasteiger partial charge is 0.339 e. The Morgan fingerprint density at radius 2 is 1.64 bits per heavy atom. The molecule has 0 aliphatic carbocycles. The highest BCUT2D eigenvalue weighted by molar-refractivity contribution is 7.18. The summed E-state index contributed by atoms with van der Waals surface area (Å²) < 4.78 is 3.25. The van der Waals surface area contributed by atoms with E-state index in [4.69, 9.17) is 4.98 Å². The minimum absolute atomic E-state index is 0.118. The highest BCUT2D eigenvalue weighted by Gasteiger charge is 2.27. The van der Waals surface area contributed by atoms with Crippen LogP contribution < -0.4 is 0 Å². The van der Waals surface area contributed by atoms with Gasteiger partial charge in [0.15, 0.2) is 0 Å². The lowest BCUT2D eigenvalue weighted by Gasteiger charge is -2.31. The van der Waals surface area contributed by atoms with E-state index in [9.17, 15) is 4.79 Å². The Balaban J connectivity index is 1.33. The Bertz CT molecular complexity index is 1070. The number of amides is 1. The Hall–Kier alpha value is -2.92. The molecular formula is C23H21N3OS. The SMILES string of the molecule is O=C(c1ccccc1-n1cccc1)N1CCC(c2nc3ccccc3s2)CC1. The van der Waals surface area contributed by atoms with Gasteiger partial charge >= 0.3 is 0 Å².